The van der Waals surface area contributed by atoms with Crippen molar-refractivity contribution in [3.8, 4) is 0 Å². The Bertz CT molecular complexity index is 288. The molecular formula is C12H23NO4. The maximum atomic E-state index is 11.3. The van der Waals surface area contributed by atoms with Crippen molar-refractivity contribution in [1.82, 2.24) is 4.90 Å². The number of carbonyl (C=O) groups is 1. The van der Waals surface area contributed by atoms with Crippen molar-refractivity contribution < 1.29 is 19.7 Å². The first kappa shape index (κ1) is 14.3. The summed E-state index contributed by atoms with van der Waals surface area (Å²) in [5, 5.41) is 18.2. The molecule has 2 N–H and O–H groups in total. The first-order valence-electron chi connectivity index (χ1n) is 5.99. The van der Waals surface area contributed by atoms with Crippen molar-refractivity contribution in [1.29, 1.82) is 0 Å². The number of aliphatic hydroxyl groups is 1. The highest BCUT2D eigenvalue weighted by Crippen LogP contribution is 2.39. The maximum absolute atomic E-state index is 11.3. The summed E-state index contributed by atoms with van der Waals surface area (Å²) in [4.78, 5) is 12.7. The monoisotopic (exact) mass is 245 g/mol. The molecule has 100 valence electrons. The third-order valence-corrected chi connectivity index (χ3v) is 3.57. The molecule has 17 heavy (non-hydrogen) atoms. The lowest BCUT2D eigenvalue weighted by Crippen LogP contribution is -2.52. The molecule has 0 saturated carbocycles. The molecule has 1 saturated heterocycles. The smallest absolute Gasteiger partial charge is 0.409 e. The van der Waals surface area contributed by atoms with Crippen LogP contribution in [0.4, 0.5) is 4.79 Å². The second-order valence-corrected chi connectivity index (χ2v) is 5.74. The molecule has 1 rings (SSSR count). The van der Waals surface area contributed by atoms with Gasteiger partial charge in [0.1, 0.15) is 5.72 Å². The SMILES string of the molecule is CC(C)(CCCO)C1COC(C)(C)N1C(=O)O. The van der Waals surface area contributed by atoms with E-state index in [0.29, 0.717) is 13.0 Å². The van der Waals surface area contributed by atoms with Crippen molar-refractivity contribution in [3.63, 3.8) is 0 Å². The van der Waals surface area contributed by atoms with E-state index in [-0.39, 0.29) is 18.1 Å². The minimum absolute atomic E-state index is 0.132. The van der Waals surface area contributed by atoms with Crippen LogP contribution >= 0.6 is 0 Å². The Balaban J connectivity index is 2.86. The zero-order valence-corrected chi connectivity index (χ0v) is 11.1. The highest BCUT2D eigenvalue weighted by molar-refractivity contribution is 5.66. The number of amides is 1. The van der Waals surface area contributed by atoms with E-state index in [9.17, 15) is 9.90 Å². The lowest BCUT2D eigenvalue weighted by molar-refractivity contribution is -0.0461. The molecule has 0 aliphatic carbocycles. The third-order valence-electron chi connectivity index (χ3n) is 3.57. The Morgan fingerprint density at radius 1 is 1.53 bits per heavy atom. The van der Waals surface area contributed by atoms with Crippen LogP contribution in [0.1, 0.15) is 40.5 Å². The molecular weight excluding hydrogens is 222 g/mol. The predicted molar refractivity (Wildman–Crippen MR) is 63.8 cm³/mol. The predicted octanol–water partition coefficient (Wildman–Crippen LogP) is 1.90. The highest BCUT2D eigenvalue weighted by atomic mass is 16.5. The van der Waals surface area contributed by atoms with Gasteiger partial charge in [-0.1, -0.05) is 13.8 Å². The Hall–Kier alpha value is -0.810. The number of ether oxygens (including phenoxy) is 1. The minimum Gasteiger partial charge on any atom is -0.465 e. The van der Waals surface area contributed by atoms with Crippen molar-refractivity contribution in [2.75, 3.05) is 13.2 Å². The second kappa shape index (κ2) is 4.82. The summed E-state index contributed by atoms with van der Waals surface area (Å²) in [6, 6.07) is -0.165. The zero-order chi connectivity index (χ0) is 13.3. The van der Waals surface area contributed by atoms with Crippen molar-refractivity contribution >= 4 is 6.09 Å². The molecule has 1 unspecified atom stereocenters. The van der Waals surface area contributed by atoms with Crippen LogP contribution in [0, 0.1) is 5.41 Å². The summed E-state index contributed by atoms with van der Waals surface area (Å²) in [6.07, 6.45) is 0.504. The van der Waals surface area contributed by atoms with Crippen LogP contribution < -0.4 is 0 Å². The molecule has 0 radical (unpaired) electrons. The van der Waals surface area contributed by atoms with Crippen LogP contribution in [0.3, 0.4) is 0 Å². The van der Waals surface area contributed by atoms with Gasteiger partial charge in [-0.15, -0.1) is 0 Å². The summed E-state index contributed by atoms with van der Waals surface area (Å²) in [5.74, 6) is 0. The topological polar surface area (TPSA) is 70.0 Å². The zero-order valence-electron chi connectivity index (χ0n) is 11.1. The number of aliphatic hydroxyl groups excluding tert-OH is 1. The average Bonchev–Trinajstić information content (AvgIpc) is 2.51. The van der Waals surface area contributed by atoms with Crippen molar-refractivity contribution in [2.45, 2.75) is 52.3 Å². The van der Waals surface area contributed by atoms with Gasteiger partial charge >= 0.3 is 6.09 Å². The molecule has 1 fully saturated rings. The Labute approximate surface area is 102 Å². The van der Waals surface area contributed by atoms with Gasteiger partial charge in [0, 0.05) is 6.61 Å². The van der Waals surface area contributed by atoms with Gasteiger partial charge < -0.3 is 14.9 Å². The van der Waals surface area contributed by atoms with E-state index >= 15 is 0 Å². The summed E-state index contributed by atoms with van der Waals surface area (Å²) < 4.78 is 5.58. The molecule has 1 atom stereocenters. The number of rotatable bonds is 4. The number of nitrogens with zero attached hydrogens (tertiary/aromatic N) is 1. The molecule has 0 spiro atoms. The van der Waals surface area contributed by atoms with Crippen LogP contribution in [0.2, 0.25) is 0 Å². The fourth-order valence-electron chi connectivity index (χ4n) is 2.44. The summed E-state index contributed by atoms with van der Waals surface area (Å²) >= 11 is 0. The Kier molecular flexibility index (Phi) is 4.04. The number of hydrogen-bond donors (Lipinski definition) is 2. The van der Waals surface area contributed by atoms with E-state index in [4.69, 9.17) is 9.84 Å². The largest absolute Gasteiger partial charge is 0.465 e. The summed E-state index contributed by atoms with van der Waals surface area (Å²) in [5.41, 5.74) is -0.970. The average molecular weight is 245 g/mol. The third kappa shape index (κ3) is 2.90. The van der Waals surface area contributed by atoms with Gasteiger partial charge in [0.25, 0.3) is 0 Å². The van der Waals surface area contributed by atoms with Gasteiger partial charge in [0.15, 0.2) is 0 Å². The Morgan fingerprint density at radius 2 is 2.12 bits per heavy atom. The molecule has 1 aliphatic heterocycles. The van der Waals surface area contributed by atoms with E-state index in [1.54, 1.807) is 13.8 Å². The fraction of sp³-hybridized carbons (Fsp3) is 0.917. The number of carboxylic acid groups (broad SMARTS) is 1. The standard InChI is InChI=1S/C12H23NO4/c1-11(2,6-5-7-14)9-8-17-12(3,4)13(9)10(15)16/h9,14H,5-8H2,1-4H3,(H,15,16). The van der Waals surface area contributed by atoms with Crippen LogP contribution in [-0.2, 0) is 4.74 Å². The van der Waals surface area contributed by atoms with E-state index in [1.165, 1.54) is 4.90 Å². The highest BCUT2D eigenvalue weighted by Gasteiger charge is 2.49. The van der Waals surface area contributed by atoms with E-state index in [0.717, 1.165) is 6.42 Å². The summed E-state index contributed by atoms with van der Waals surface area (Å²) in [6.45, 7) is 8.12. The molecule has 0 aromatic rings. The summed E-state index contributed by atoms with van der Waals surface area (Å²) in [7, 11) is 0. The lowest BCUT2D eigenvalue weighted by atomic mass is 9.80. The minimum atomic E-state index is -0.949. The maximum Gasteiger partial charge on any atom is 0.409 e. The Morgan fingerprint density at radius 3 is 2.59 bits per heavy atom. The van der Waals surface area contributed by atoms with Crippen molar-refractivity contribution in [3.05, 3.63) is 0 Å². The normalized spacial score (nSPS) is 24.1. The molecule has 1 heterocycles. The van der Waals surface area contributed by atoms with Crippen LogP contribution in [0.5, 0.6) is 0 Å². The van der Waals surface area contributed by atoms with Gasteiger partial charge in [0.2, 0.25) is 0 Å². The van der Waals surface area contributed by atoms with Crippen LogP contribution in [0.15, 0.2) is 0 Å². The van der Waals surface area contributed by atoms with Crippen LogP contribution in [-0.4, -0.2) is 46.2 Å². The molecule has 5 heteroatoms. The van der Waals surface area contributed by atoms with E-state index in [2.05, 4.69) is 0 Å². The van der Waals surface area contributed by atoms with Gasteiger partial charge in [-0.2, -0.15) is 0 Å². The van der Waals surface area contributed by atoms with Gasteiger partial charge in [-0.05, 0) is 32.1 Å². The number of hydrogen-bond acceptors (Lipinski definition) is 3. The quantitative estimate of drug-likeness (QED) is 0.793. The van der Waals surface area contributed by atoms with Crippen molar-refractivity contribution in [2.24, 2.45) is 5.41 Å². The first-order chi connectivity index (χ1) is 7.72. The molecule has 0 bridgehead atoms. The van der Waals surface area contributed by atoms with E-state index in [1.807, 2.05) is 13.8 Å². The molecule has 5 nitrogen and oxygen atoms in total. The molecule has 1 aliphatic rings. The molecule has 0 aromatic heterocycles. The van der Waals surface area contributed by atoms with E-state index < -0.39 is 11.8 Å². The lowest BCUT2D eigenvalue weighted by Gasteiger charge is -2.39. The molecule has 1 amide bonds. The van der Waals surface area contributed by atoms with Gasteiger partial charge in [-0.3, -0.25) is 4.90 Å². The fourth-order valence-corrected chi connectivity index (χ4v) is 2.44. The van der Waals surface area contributed by atoms with Crippen LogP contribution in [0.25, 0.3) is 0 Å². The van der Waals surface area contributed by atoms with Gasteiger partial charge in [0.05, 0.1) is 12.6 Å². The first-order valence-corrected chi connectivity index (χ1v) is 5.99. The molecule has 0 aromatic carbocycles. The second-order valence-electron chi connectivity index (χ2n) is 5.74. The van der Waals surface area contributed by atoms with Gasteiger partial charge in [-0.25, -0.2) is 4.79 Å².